The Labute approximate surface area is 280 Å². The number of carbonyl (C=O) groups excluding carboxylic acids is 2. The molecule has 2 heterocycles. The van der Waals surface area contributed by atoms with Crippen molar-refractivity contribution in [1.82, 2.24) is 14.4 Å². The molecule has 0 saturated carbocycles. The van der Waals surface area contributed by atoms with Gasteiger partial charge in [0.25, 0.3) is 11.5 Å². The summed E-state index contributed by atoms with van der Waals surface area (Å²) < 4.78 is 20.3. The van der Waals surface area contributed by atoms with Gasteiger partial charge in [0.1, 0.15) is 16.5 Å². The predicted octanol–water partition coefficient (Wildman–Crippen LogP) is 4.26. The van der Waals surface area contributed by atoms with Crippen molar-refractivity contribution in [1.29, 1.82) is 5.26 Å². The third-order valence-corrected chi connectivity index (χ3v) is 9.37. The first-order valence-electron chi connectivity index (χ1n) is 15.3. The quantitative estimate of drug-likeness (QED) is 0.243. The fourth-order valence-electron chi connectivity index (χ4n) is 5.87. The molecule has 0 bridgehead atoms. The van der Waals surface area contributed by atoms with Gasteiger partial charge in [0, 0.05) is 26.2 Å². The van der Waals surface area contributed by atoms with Crippen LogP contribution in [0, 0.1) is 17.1 Å². The number of hydrogen-bond acceptors (Lipinski definition) is 7. The Morgan fingerprint density at radius 3 is 1.98 bits per heavy atom. The highest BCUT2D eigenvalue weighted by Crippen LogP contribution is 2.29. The minimum Gasteiger partial charge on any atom is -0.465 e. The predicted molar refractivity (Wildman–Crippen MR) is 182 cm³/mol. The summed E-state index contributed by atoms with van der Waals surface area (Å²) in [6.07, 6.45) is 1.63. The molecule has 8 nitrogen and oxygen atoms in total. The Morgan fingerprint density at radius 2 is 1.44 bits per heavy atom. The molecule has 10 heteroatoms. The van der Waals surface area contributed by atoms with Crippen molar-refractivity contribution in [2.45, 2.75) is 6.04 Å². The van der Waals surface area contributed by atoms with Gasteiger partial charge in [-0.25, -0.2) is 9.18 Å². The largest absolute Gasteiger partial charge is 0.465 e. The number of esters is 1. The van der Waals surface area contributed by atoms with Crippen LogP contribution in [0.3, 0.4) is 0 Å². The van der Waals surface area contributed by atoms with Gasteiger partial charge in [-0.1, -0.05) is 72.8 Å². The fraction of sp³-hybridized carbons (Fsp3) is 0.158. The van der Waals surface area contributed by atoms with Crippen LogP contribution in [0.25, 0.3) is 17.3 Å². The molecule has 1 amide bonds. The van der Waals surface area contributed by atoms with Gasteiger partial charge in [-0.3, -0.25) is 19.1 Å². The summed E-state index contributed by atoms with van der Waals surface area (Å²) in [5.74, 6) is -1.44. The number of piperazine rings is 1. The highest BCUT2D eigenvalue weighted by molar-refractivity contribution is 7.07. The van der Waals surface area contributed by atoms with Crippen LogP contribution >= 0.6 is 11.3 Å². The summed E-state index contributed by atoms with van der Waals surface area (Å²) in [5.41, 5.74) is 2.99. The molecular formula is C38H31FN4O4S. The van der Waals surface area contributed by atoms with E-state index in [2.05, 4.69) is 35.2 Å². The topological polar surface area (TPSA) is 95.6 Å². The molecule has 0 unspecified atom stereocenters. The van der Waals surface area contributed by atoms with E-state index in [1.54, 1.807) is 35.2 Å². The number of rotatable bonds is 7. The third-order valence-electron chi connectivity index (χ3n) is 8.27. The molecule has 1 aliphatic heterocycles. The van der Waals surface area contributed by atoms with Crippen molar-refractivity contribution >= 4 is 34.9 Å². The monoisotopic (exact) mass is 658 g/mol. The number of nitrogens with zero attached hydrogens (tertiary/aromatic N) is 4. The maximum Gasteiger partial charge on any atom is 0.337 e. The van der Waals surface area contributed by atoms with Crippen LogP contribution < -0.4 is 14.8 Å². The van der Waals surface area contributed by atoms with Gasteiger partial charge in [0.15, 0.2) is 5.57 Å². The Bertz CT molecular complexity index is 2110. The van der Waals surface area contributed by atoms with Crippen molar-refractivity contribution in [3.05, 3.63) is 157 Å². The maximum atomic E-state index is 14.0. The van der Waals surface area contributed by atoms with Crippen molar-refractivity contribution in [2.24, 2.45) is 0 Å². The molecule has 0 aliphatic carbocycles. The molecule has 4 aromatic carbocycles. The molecule has 1 fully saturated rings. The normalized spacial score (nSPS) is 14.5. The molecule has 1 saturated heterocycles. The highest BCUT2D eigenvalue weighted by atomic mass is 32.1. The van der Waals surface area contributed by atoms with Crippen LogP contribution in [-0.2, 0) is 9.53 Å². The highest BCUT2D eigenvalue weighted by Gasteiger charge is 2.30. The van der Waals surface area contributed by atoms with Crippen molar-refractivity contribution in [2.75, 3.05) is 33.3 Å². The second-order valence-corrected chi connectivity index (χ2v) is 12.2. The SMILES string of the molecule is COC(=O)c1ccc(/C=c2/s/c(=C(\C#N)C(=O)N3CCN(C(c4ccccc4)c4ccccc4)CC3)n(-c3ccc(F)cc3)c2=O)cc1. The molecule has 0 spiro atoms. The maximum absolute atomic E-state index is 14.0. The van der Waals surface area contributed by atoms with Gasteiger partial charge in [-0.15, -0.1) is 11.3 Å². The van der Waals surface area contributed by atoms with Crippen LogP contribution in [0.2, 0.25) is 0 Å². The Morgan fingerprint density at radius 1 is 0.854 bits per heavy atom. The number of aromatic nitrogens is 1. The Hall–Kier alpha value is -5.63. The van der Waals surface area contributed by atoms with Crippen molar-refractivity contribution in [3.8, 4) is 11.8 Å². The van der Waals surface area contributed by atoms with E-state index in [1.807, 2.05) is 36.4 Å². The zero-order valence-corrected chi connectivity index (χ0v) is 26.9. The van der Waals surface area contributed by atoms with E-state index in [9.17, 15) is 24.0 Å². The second-order valence-electron chi connectivity index (χ2n) is 11.2. The minimum atomic E-state index is -0.484. The van der Waals surface area contributed by atoms with Crippen LogP contribution in [0.15, 0.2) is 114 Å². The molecule has 48 heavy (non-hydrogen) atoms. The van der Waals surface area contributed by atoms with E-state index in [1.165, 1.54) is 35.9 Å². The lowest BCUT2D eigenvalue weighted by molar-refractivity contribution is -0.126. The van der Waals surface area contributed by atoms with Gasteiger partial charge in [-0.2, -0.15) is 5.26 Å². The number of hydrogen-bond donors (Lipinski definition) is 0. The van der Waals surface area contributed by atoms with Gasteiger partial charge in [-0.05, 0) is 59.2 Å². The molecule has 1 aliphatic rings. The van der Waals surface area contributed by atoms with Crippen LogP contribution in [-0.4, -0.2) is 59.5 Å². The molecule has 6 rings (SSSR count). The number of thiazole rings is 1. The third kappa shape index (κ3) is 6.74. The zero-order chi connectivity index (χ0) is 33.6. The summed E-state index contributed by atoms with van der Waals surface area (Å²) in [4.78, 5) is 43.7. The average Bonchev–Trinajstić information content (AvgIpc) is 3.44. The van der Waals surface area contributed by atoms with E-state index >= 15 is 0 Å². The summed E-state index contributed by atoms with van der Waals surface area (Å²) in [5, 5.41) is 10.4. The van der Waals surface area contributed by atoms with Gasteiger partial charge < -0.3 is 9.64 Å². The Kier molecular flexibility index (Phi) is 9.71. The molecule has 1 aromatic heterocycles. The zero-order valence-electron chi connectivity index (χ0n) is 26.1. The number of halogens is 1. The smallest absolute Gasteiger partial charge is 0.337 e. The lowest BCUT2D eigenvalue weighted by Crippen LogP contribution is -2.50. The lowest BCUT2D eigenvalue weighted by Gasteiger charge is -2.39. The van der Waals surface area contributed by atoms with Crippen molar-refractivity contribution in [3.63, 3.8) is 0 Å². The minimum absolute atomic E-state index is 0.00445. The first-order chi connectivity index (χ1) is 23.4. The molecule has 5 aromatic rings. The number of methoxy groups -OCH3 is 1. The second kappa shape index (κ2) is 14.4. The number of amides is 1. The van der Waals surface area contributed by atoms with Gasteiger partial charge >= 0.3 is 5.97 Å². The van der Waals surface area contributed by atoms with Gasteiger partial charge in [0.05, 0.1) is 28.9 Å². The fourth-order valence-corrected chi connectivity index (χ4v) is 6.97. The summed E-state index contributed by atoms with van der Waals surface area (Å²) in [7, 11) is 1.30. The van der Waals surface area contributed by atoms with E-state index < -0.39 is 23.3 Å². The first kappa shape index (κ1) is 32.3. The Balaban J connectivity index is 1.36. The first-order valence-corrected chi connectivity index (χ1v) is 16.1. The standard InChI is InChI=1S/C38H31FN4O4S/c1-47-38(46)29-14-12-26(13-15-29)24-33-36(45)43(31-18-16-30(39)17-19-31)37(48-33)32(25-40)35(44)42-22-20-41(21-23-42)34(27-8-4-2-5-9-27)28-10-6-3-7-11-28/h2-19,24,34H,20-23H2,1H3/b33-24+,37-32+. The molecule has 240 valence electrons. The van der Waals surface area contributed by atoms with E-state index in [0.29, 0.717) is 43.0 Å². The molecular weight excluding hydrogens is 628 g/mol. The number of nitriles is 1. The molecule has 0 atom stereocenters. The van der Waals surface area contributed by atoms with E-state index in [-0.39, 0.29) is 20.8 Å². The van der Waals surface area contributed by atoms with E-state index in [0.717, 1.165) is 22.5 Å². The van der Waals surface area contributed by atoms with Crippen molar-refractivity contribution < 1.29 is 18.7 Å². The lowest BCUT2D eigenvalue weighted by atomic mass is 9.96. The van der Waals surface area contributed by atoms with Gasteiger partial charge in [0.2, 0.25) is 0 Å². The molecule has 0 radical (unpaired) electrons. The van der Waals surface area contributed by atoms with Crippen LogP contribution in [0.1, 0.15) is 33.1 Å². The van der Waals surface area contributed by atoms with E-state index in [4.69, 9.17) is 4.74 Å². The summed E-state index contributed by atoms with van der Waals surface area (Å²) >= 11 is 1.01. The summed E-state index contributed by atoms with van der Waals surface area (Å²) in [6, 6.07) is 34.4. The number of carbonyl (C=O) groups is 2. The number of ether oxygens (including phenoxy) is 1. The van der Waals surface area contributed by atoms with Crippen LogP contribution in [0.4, 0.5) is 4.39 Å². The summed E-state index contributed by atoms with van der Waals surface area (Å²) in [6.45, 7) is 1.93. The number of benzene rings is 4. The van der Waals surface area contributed by atoms with Crippen LogP contribution in [0.5, 0.6) is 0 Å². The molecule has 0 N–H and O–H groups in total. The average molecular weight is 659 g/mol.